The maximum absolute atomic E-state index is 13.1. The zero-order chi connectivity index (χ0) is 17.5. The van der Waals surface area contributed by atoms with Crippen LogP contribution in [-0.2, 0) is 9.59 Å². The maximum Gasteiger partial charge on any atom is 0.224 e. The first kappa shape index (κ1) is 18.4. The second-order valence-corrected chi connectivity index (χ2v) is 6.25. The standard InChI is InChI=1S/C18H25FN2O3/c1-2-16(22)13-8-10-21(11-9-13)18(24)7-6-17(23)20-15-5-3-4-14(19)12-15/h3-5,12-13,16,22H,2,6-11H2,1H3,(H,20,23)/t16-/m0/s1. The number of piperidine rings is 1. The molecule has 1 saturated heterocycles. The number of nitrogens with zero attached hydrogens (tertiary/aromatic N) is 1. The number of nitrogens with one attached hydrogen (secondary N) is 1. The summed E-state index contributed by atoms with van der Waals surface area (Å²) in [6.07, 6.45) is 2.26. The zero-order valence-electron chi connectivity index (χ0n) is 14.0. The molecular formula is C18H25FN2O3. The lowest BCUT2D eigenvalue weighted by atomic mass is 9.90. The molecule has 0 saturated carbocycles. The molecule has 1 aromatic rings. The molecule has 1 fully saturated rings. The van der Waals surface area contributed by atoms with Gasteiger partial charge in [0.15, 0.2) is 0 Å². The smallest absolute Gasteiger partial charge is 0.224 e. The number of hydrogen-bond donors (Lipinski definition) is 2. The van der Waals surface area contributed by atoms with Crippen molar-refractivity contribution in [1.29, 1.82) is 0 Å². The van der Waals surface area contributed by atoms with Crippen LogP contribution >= 0.6 is 0 Å². The number of aliphatic hydroxyl groups is 1. The number of rotatable bonds is 6. The Morgan fingerprint density at radius 3 is 2.67 bits per heavy atom. The lowest BCUT2D eigenvalue weighted by Gasteiger charge is -2.34. The van der Waals surface area contributed by atoms with E-state index in [1.54, 1.807) is 11.0 Å². The molecule has 0 bridgehead atoms. The molecule has 0 spiro atoms. The Morgan fingerprint density at radius 2 is 2.04 bits per heavy atom. The van der Waals surface area contributed by atoms with Crippen molar-refractivity contribution in [3.63, 3.8) is 0 Å². The molecule has 2 rings (SSSR count). The van der Waals surface area contributed by atoms with Gasteiger partial charge in [0.1, 0.15) is 5.82 Å². The van der Waals surface area contributed by atoms with Crippen LogP contribution < -0.4 is 5.32 Å². The predicted molar refractivity (Wildman–Crippen MR) is 89.9 cm³/mol. The minimum atomic E-state index is -0.416. The van der Waals surface area contributed by atoms with E-state index in [1.807, 2.05) is 6.92 Å². The Hall–Kier alpha value is -1.95. The highest BCUT2D eigenvalue weighted by atomic mass is 19.1. The summed E-state index contributed by atoms with van der Waals surface area (Å²) >= 11 is 0. The van der Waals surface area contributed by atoms with Crippen molar-refractivity contribution in [1.82, 2.24) is 4.90 Å². The predicted octanol–water partition coefficient (Wildman–Crippen LogP) is 2.55. The molecule has 0 radical (unpaired) electrons. The topological polar surface area (TPSA) is 69.6 Å². The van der Waals surface area contributed by atoms with Gasteiger partial charge in [0.25, 0.3) is 0 Å². The first-order chi connectivity index (χ1) is 11.5. The number of likely N-dealkylation sites (tertiary alicyclic amines) is 1. The summed E-state index contributed by atoms with van der Waals surface area (Å²) in [5, 5.41) is 12.4. The van der Waals surface area contributed by atoms with Crippen molar-refractivity contribution in [3.05, 3.63) is 30.1 Å². The van der Waals surface area contributed by atoms with E-state index in [0.717, 1.165) is 19.3 Å². The molecule has 6 heteroatoms. The first-order valence-electron chi connectivity index (χ1n) is 8.51. The third kappa shape index (κ3) is 5.30. The monoisotopic (exact) mass is 336 g/mol. The summed E-state index contributed by atoms with van der Waals surface area (Å²) in [6, 6.07) is 5.67. The second kappa shape index (κ2) is 8.78. The average molecular weight is 336 g/mol. The van der Waals surface area contributed by atoms with Crippen molar-refractivity contribution in [2.75, 3.05) is 18.4 Å². The highest BCUT2D eigenvalue weighted by Crippen LogP contribution is 2.23. The highest BCUT2D eigenvalue weighted by Gasteiger charge is 2.26. The molecule has 5 nitrogen and oxygen atoms in total. The number of carbonyl (C=O) groups is 2. The molecule has 1 aliphatic rings. The zero-order valence-corrected chi connectivity index (χ0v) is 14.0. The van der Waals surface area contributed by atoms with E-state index in [4.69, 9.17) is 0 Å². The van der Waals surface area contributed by atoms with E-state index in [1.165, 1.54) is 18.2 Å². The lowest BCUT2D eigenvalue weighted by molar-refractivity contribution is -0.134. The molecule has 0 aromatic heterocycles. The molecule has 1 heterocycles. The van der Waals surface area contributed by atoms with Gasteiger partial charge >= 0.3 is 0 Å². The maximum atomic E-state index is 13.1. The minimum absolute atomic E-state index is 0.0474. The molecule has 24 heavy (non-hydrogen) atoms. The van der Waals surface area contributed by atoms with E-state index >= 15 is 0 Å². The molecular weight excluding hydrogens is 311 g/mol. The number of anilines is 1. The van der Waals surface area contributed by atoms with Gasteiger partial charge < -0.3 is 15.3 Å². The van der Waals surface area contributed by atoms with Crippen LogP contribution in [-0.4, -0.2) is 41.0 Å². The van der Waals surface area contributed by atoms with Crippen molar-refractivity contribution in [2.45, 2.75) is 45.1 Å². The second-order valence-electron chi connectivity index (χ2n) is 6.25. The third-order valence-electron chi connectivity index (χ3n) is 4.53. The Labute approximate surface area is 141 Å². The first-order valence-corrected chi connectivity index (χ1v) is 8.51. The van der Waals surface area contributed by atoms with Crippen molar-refractivity contribution in [2.24, 2.45) is 5.92 Å². The van der Waals surface area contributed by atoms with Gasteiger partial charge in [-0.15, -0.1) is 0 Å². The van der Waals surface area contributed by atoms with Gasteiger partial charge in [-0.05, 0) is 43.4 Å². The quantitative estimate of drug-likeness (QED) is 0.839. The normalized spacial score (nSPS) is 16.7. The third-order valence-corrected chi connectivity index (χ3v) is 4.53. The van der Waals surface area contributed by atoms with E-state index in [-0.39, 0.29) is 36.7 Å². The van der Waals surface area contributed by atoms with E-state index < -0.39 is 5.82 Å². The van der Waals surface area contributed by atoms with Gasteiger partial charge in [-0.3, -0.25) is 9.59 Å². The summed E-state index contributed by atoms with van der Waals surface area (Å²) < 4.78 is 13.1. The van der Waals surface area contributed by atoms with Crippen LogP contribution in [0.25, 0.3) is 0 Å². The molecule has 0 unspecified atom stereocenters. The van der Waals surface area contributed by atoms with E-state index in [9.17, 15) is 19.1 Å². The number of hydrogen-bond acceptors (Lipinski definition) is 3. The number of carbonyl (C=O) groups excluding carboxylic acids is 2. The van der Waals surface area contributed by atoms with E-state index in [2.05, 4.69) is 5.32 Å². The molecule has 1 atom stereocenters. The number of aliphatic hydroxyl groups excluding tert-OH is 1. The summed E-state index contributed by atoms with van der Waals surface area (Å²) in [6.45, 7) is 3.22. The van der Waals surface area contributed by atoms with Crippen molar-refractivity contribution < 1.29 is 19.1 Å². The summed E-state index contributed by atoms with van der Waals surface area (Å²) in [4.78, 5) is 25.8. The molecule has 2 N–H and O–H groups in total. The molecule has 2 amide bonds. The highest BCUT2D eigenvalue weighted by molar-refractivity contribution is 5.93. The number of amides is 2. The van der Waals surface area contributed by atoms with Crippen molar-refractivity contribution in [3.8, 4) is 0 Å². The average Bonchev–Trinajstić information content (AvgIpc) is 2.59. The lowest BCUT2D eigenvalue weighted by Crippen LogP contribution is -2.41. The Bertz CT molecular complexity index is 571. The minimum Gasteiger partial charge on any atom is -0.393 e. The fourth-order valence-electron chi connectivity index (χ4n) is 3.04. The van der Waals surface area contributed by atoms with Gasteiger partial charge in [0.2, 0.25) is 11.8 Å². The van der Waals surface area contributed by atoms with Crippen LogP contribution in [0.15, 0.2) is 24.3 Å². The summed E-state index contributed by atoms with van der Waals surface area (Å²) in [5.41, 5.74) is 0.391. The SMILES string of the molecule is CC[C@H](O)C1CCN(C(=O)CCC(=O)Nc2cccc(F)c2)CC1. The van der Waals surface area contributed by atoms with Crippen LogP contribution in [0, 0.1) is 11.7 Å². The molecule has 0 aliphatic carbocycles. The van der Waals surface area contributed by atoms with Gasteiger partial charge in [-0.2, -0.15) is 0 Å². The molecule has 132 valence electrons. The fourth-order valence-corrected chi connectivity index (χ4v) is 3.04. The van der Waals surface area contributed by atoms with Crippen LogP contribution in [0.3, 0.4) is 0 Å². The Morgan fingerprint density at radius 1 is 1.33 bits per heavy atom. The van der Waals surface area contributed by atoms with Crippen LogP contribution in [0.5, 0.6) is 0 Å². The number of benzene rings is 1. The van der Waals surface area contributed by atoms with Gasteiger partial charge in [-0.1, -0.05) is 13.0 Å². The van der Waals surface area contributed by atoms with Crippen LogP contribution in [0.1, 0.15) is 39.0 Å². The Balaban J connectivity index is 1.72. The Kier molecular flexibility index (Phi) is 6.73. The van der Waals surface area contributed by atoms with Crippen LogP contribution in [0.4, 0.5) is 10.1 Å². The van der Waals surface area contributed by atoms with Crippen LogP contribution in [0.2, 0.25) is 0 Å². The van der Waals surface area contributed by atoms with Gasteiger partial charge in [0, 0.05) is 31.6 Å². The summed E-state index contributed by atoms with van der Waals surface area (Å²) in [5.74, 6) is -0.504. The number of halogens is 1. The van der Waals surface area contributed by atoms with Crippen molar-refractivity contribution >= 4 is 17.5 Å². The fraction of sp³-hybridized carbons (Fsp3) is 0.556. The van der Waals surface area contributed by atoms with Gasteiger partial charge in [0.05, 0.1) is 6.10 Å². The molecule has 1 aromatic carbocycles. The van der Waals surface area contributed by atoms with Gasteiger partial charge in [-0.25, -0.2) is 4.39 Å². The largest absolute Gasteiger partial charge is 0.393 e. The summed E-state index contributed by atoms with van der Waals surface area (Å²) in [7, 11) is 0. The van der Waals surface area contributed by atoms with E-state index in [0.29, 0.717) is 18.8 Å². The molecule has 1 aliphatic heterocycles.